The highest BCUT2D eigenvalue weighted by molar-refractivity contribution is 6.29. The molecule has 0 saturated heterocycles. The predicted molar refractivity (Wildman–Crippen MR) is 61.2 cm³/mol. The minimum Gasteiger partial charge on any atom is -0.481 e. The van der Waals surface area contributed by atoms with Crippen LogP contribution in [0, 0.1) is 0 Å². The highest BCUT2D eigenvalue weighted by Crippen LogP contribution is 2.23. The summed E-state index contributed by atoms with van der Waals surface area (Å²) >= 11 is 5.73. The van der Waals surface area contributed by atoms with E-state index in [0.717, 1.165) is 0 Å². The second-order valence-corrected chi connectivity index (χ2v) is 4.12. The molecule has 2 rings (SSSR count). The molecule has 0 aliphatic rings. The van der Waals surface area contributed by atoms with Crippen LogP contribution in [0.25, 0.3) is 5.65 Å². The summed E-state index contributed by atoms with van der Waals surface area (Å²) in [7, 11) is 0. The molecule has 0 aromatic carbocycles. The monoisotopic (exact) mass is 271 g/mol. The van der Waals surface area contributed by atoms with Crippen LogP contribution in [0.3, 0.4) is 0 Å². The molecular formula is C10H10ClN3O4. The van der Waals surface area contributed by atoms with Gasteiger partial charge in [-0.05, 0) is 6.07 Å². The number of aromatic nitrogens is 3. The summed E-state index contributed by atoms with van der Waals surface area (Å²) in [6.45, 7) is 0. The summed E-state index contributed by atoms with van der Waals surface area (Å²) < 4.78 is 1.37. The van der Waals surface area contributed by atoms with E-state index >= 15 is 0 Å². The van der Waals surface area contributed by atoms with Crippen LogP contribution in [0.15, 0.2) is 18.5 Å². The molecule has 96 valence electrons. The topological polar surface area (TPSA) is 108 Å². The third kappa shape index (κ3) is 2.42. The van der Waals surface area contributed by atoms with Crippen LogP contribution in [-0.4, -0.2) is 42.0 Å². The summed E-state index contributed by atoms with van der Waals surface area (Å²) in [5.41, 5.74) is 0.505. The van der Waals surface area contributed by atoms with Gasteiger partial charge in [0.2, 0.25) is 0 Å². The Morgan fingerprint density at radius 3 is 2.89 bits per heavy atom. The molecule has 2 atom stereocenters. The van der Waals surface area contributed by atoms with Gasteiger partial charge in [0.05, 0.1) is 18.7 Å². The number of carbonyl (C=O) groups is 1. The lowest BCUT2D eigenvalue weighted by molar-refractivity contribution is -0.141. The Balaban J connectivity index is 2.35. The molecule has 3 N–H and O–H groups in total. The van der Waals surface area contributed by atoms with Crippen LogP contribution in [0.4, 0.5) is 0 Å². The van der Waals surface area contributed by atoms with Crippen molar-refractivity contribution in [1.29, 1.82) is 0 Å². The van der Waals surface area contributed by atoms with Gasteiger partial charge in [0.1, 0.15) is 11.3 Å². The summed E-state index contributed by atoms with van der Waals surface area (Å²) in [6.07, 6.45) is -0.529. The largest absolute Gasteiger partial charge is 0.481 e. The number of hydrogen-bond acceptors (Lipinski definition) is 5. The fourth-order valence-electron chi connectivity index (χ4n) is 1.57. The van der Waals surface area contributed by atoms with E-state index in [2.05, 4.69) is 10.1 Å². The smallest absolute Gasteiger partial charge is 0.306 e. The van der Waals surface area contributed by atoms with E-state index in [9.17, 15) is 15.0 Å². The summed E-state index contributed by atoms with van der Waals surface area (Å²) in [5.74, 6) is -1.20. The summed E-state index contributed by atoms with van der Waals surface area (Å²) in [4.78, 5) is 14.4. The van der Waals surface area contributed by atoms with Crippen LogP contribution < -0.4 is 0 Å². The molecule has 2 aromatic rings. The Morgan fingerprint density at radius 2 is 2.22 bits per heavy atom. The van der Waals surface area contributed by atoms with Crippen LogP contribution in [0.2, 0.25) is 5.15 Å². The maximum absolute atomic E-state index is 10.5. The number of aliphatic hydroxyl groups is 2. The molecule has 2 unspecified atom stereocenters. The number of aliphatic hydroxyl groups excluding tert-OH is 2. The molecule has 0 fully saturated rings. The van der Waals surface area contributed by atoms with Gasteiger partial charge in [-0.2, -0.15) is 5.10 Å². The SMILES string of the molecule is O=C(O)CC(O)C(O)c1cnn2ccc(Cl)nc12. The zero-order chi connectivity index (χ0) is 13.3. The molecule has 2 aromatic heterocycles. The predicted octanol–water partition coefficient (Wildman–Crippen LogP) is 0.252. The molecule has 18 heavy (non-hydrogen) atoms. The standard InChI is InChI=1S/C10H10ClN3O4/c11-7-1-2-14-10(13-7)5(4-12-14)9(18)6(15)3-8(16)17/h1-2,4,6,9,15,18H,3H2,(H,16,17). The van der Waals surface area contributed by atoms with Crippen LogP contribution in [-0.2, 0) is 4.79 Å². The number of nitrogens with zero attached hydrogens (tertiary/aromatic N) is 3. The molecule has 0 aliphatic heterocycles. The van der Waals surface area contributed by atoms with Crippen molar-refractivity contribution in [3.05, 3.63) is 29.2 Å². The number of carboxylic acids is 1. The Morgan fingerprint density at radius 1 is 1.50 bits per heavy atom. The number of fused-ring (bicyclic) bond motifs is 1. The van der Waals surface area contributed by atoms with Gasteiger partial charge in [0.25, 0.3) is 0 Å². The van der Waals surface area contributed by atoms with Crippen molar-refractivity contribution in [2.45, 2.75) is 18.6 Å². The zero-order valence-electron chi connectivity index (χ0n) is 9.06. The first-order valence-electron chi connectivity index (χ1n) is 5.06. The number of carboxylic acid groups (broad SMARTS) is 1. The van der Waals surface area contributed by atoms with Gasteiger partial charge in [-0.3, -0.25) is 4.79 Å². The normalized spacial score (nSPS) is 14.6. The second kappa shape index (κ2) is 4.89. The molecule has 0 aliphatic carbocycles. The van der Waals surface area contributed by atoms with Gasteiger partial charge in [0.15, 0.2) is 5.65 Å². The molecule has 2 heterocycles. The first-order chi connectivity index (χ1) is 8.49. The van der Waals surface area contributed by atoms with Crippen molar-refractivity contribution >= 4 is 23.2 Å². The third-order valence-electron chi connectivity index (χ3n) is 2.43. The molecule has 0 saturated carbocycles. The maximum Gasteiger partial charge on any atom is 0.306 e. The summed E-state index contributed by atoms with van der Waals surface area (Å²) in [5, 5.41) is 32.1. The average Bonchev–Trinajstić information content (AvgIpc) is 2.69. The molecule has 0 bridgehead atoms. The lowest BCUT2D eigenvalue weighted by atomic mass is 10.1. The van der Waals surface area contributed by atoms with Crippen molar-refractivity contribution in [1.82, 2.24) is 14.6 Å². The zero-order valence-corrected chi connectivity index (χ0v) is 9.82. The van der Waals surface area contributed by atoms with Crippen LogP contribution in [0.5, 0.6) is 0 Å². The van der Waals surface area contributed by atoms with Gasteiger partial charge in [-0.15, -0.1) is 0 Å². The Bertz CT molecular complexity index is 586. The van der Waals surface area contributed by atoms with E-state index in [4.69, 9.17) is 16.7 Å². The molecular weight excluding hydrogens is 262 g/mol. The minimum atomic E-state index is -1.43. The summed E-state index contributed by atoms with van der Waals surface area (Å²) in [6, 6.07) is 1.52. The van der Waals surface area contributed by atoms with Gasteiger partial charge in [0, 0.05) is 11.8 Å². The fraction of sp³-hybridized carbons (Fsp3) is 0.300. The molecule has 7 nitrogen and oxygen atoms in total. The van der Waals surface area contributed by atoms with Gasteiger partial charge in [-0.25, -0.2) is 9.50 Å². The van der Waals surface area contributed by atoms with Crippen LogP contribution >= 0.6 is 11.6 Å². The van der Waals surface area contributed by atoms with E-state index in [1.165, 1.54) is 16.8 Å². The number of rotatable bonds is 4. The minimum absolute atomic E-state index is 0.212. The maximum atomic E-state index is 10.5. The van der Waals surface area contributed by atoms with E-state index in [0.29, 0.717) is 0 Å². The number of halogens is 1. The van der Waals surface area contributed by atoms with Crippen molar-refractivity contribution in [3.8, 4) is 0 Å². The van der Waals surface area contributed by atoms with E-state index in [1.54, 1.807) is 6.20 Å². The van der Waals surface area contributed by atoms with Crippen molar-refractivity contribution in [2.75, 3.05) is 0 Å². The fourth-order valence-corrected chi connectivity index (χ4v) is 1.71. The number of hydrogen-bond donors (Lipinski definition) is 3. The molecule has 8 heteroatoms. The molecule has 0 amide bonds. The first kappa shape index (κ1) is 12.7. The Labute approximate surface area is 106 Å². The quantitative estimate of drug-likeness (QED) is 0.688. The van der Waals surface area contributed by atoms with Gasteiger partial charge in [-0.1, -0.05) is 11.6 Å². The lowest BCUT2D eigenvalue weighted by Gasteiger charge is -2.14. The third-order valence-corrected chi connectivity index (χ3v) is 2.64. The van der Waals surface area contributed by atoms with Gasteiger partial charge < -0.3 is 15.3 Å². The first-order valence-corrected chi connectivity index (χ1v) is 5.44. The van der Waals surface area contributed by atoms with E-state index in [-0.39, 0.29) is 16.4 Å². The molecule has 0 spiro atoms. The van der Waals surface area contributed by atoms with E-state index in [1.807, 2.05) is 0 Å². The Hall–Kier alpha value is -1.70. The van der Waals surface area contributed by atoms with Crippen LogP contribution in [0.1, 0.15) is 18.1 Å². The average molecular weight is 272 g/mol. The van der Waals surface area contributed by atoms with Crippen molar-refractivity contribution in [3.63, 3.8) is 0 Å². The lowest BCUT2D eigenvalue weighted by Crippen LogP contribution is -2.21. The second-order valence-electron chi connectivity index (χ2n) is 3.73. The van der Waals surface area contributed by atoms with E-state index < -0.39 is 24.6 Å². The molecule has 0 radical (unpaired) electrons. The van der Waals surface area contributed by atoms with Gasteiger partial charge >= 0.3 is 5.97 Å². The number of aliphatic carboxylic acids is 1. The highest BCUT2D eigenvalue weighted by atomic mass is 35.5. The van der Waals surface area contributed by atoms with Crippen molar-refractivity contribution < 1.29 is 20.1 Å². The Kier molecular flexibility index (Phi) is 3.46. The highest BCUT2D eigenvalue weighted by Gasteiger charge is 2.24. The van der Waals surface area contributed by atoms with Crippen molar-refractivity contribution in [2.24, 2.45) is 0 Å².